The highest BCUT2D eigenvalue weighted by Gasteiger charge is 2.33. The Morgan fingerprint density at radius 2 is 1.76 bits per heavy atom. The van der Waals surface area contributed by atoms with Gasteiger partial charge in [-0.3, -0.25) is 13.9 Å². The number of nitrogens with zero attached hydrogens (tertiary/aromatic N) is 3. The minimum absolute atomic E-state index is 0.0682. The largest absolute Gasteiger partial charge is 0.351 e. The van der Waals surface area contributed by atoms with Crippen molar-refractivity contribution >= 4 is 44.9 Å². The van der Waals surface area contributed by atoms with Crippen LogP contribution in [0.1, 0.15) is 32.9 Å². The molecule has 0 unspecified atom stereocenters. The monoisotopic (exact) mass is 531 g/mol. The average Bonchev–Trinajstić information content (AvgIpc) is 3.59. The maximum atomic E-state index is 13.6. The molecule has 0 radical (unpaired) electrons. The molecule has 9 nitrogen and oxygen atoms in total. The van der Waals surface area contributed by atoms with Gasteiger partial charge in [-0.1, -0.05) is 18.2 Å². The smallest absolute Gasteiger partial charge is 0.270 e. The molecule has 2 aromatic carbocycles. The number of hydrogen-bond acceptors (Lipinski definition) is 5. The number of nitrogens with one attached hydrogen (secondary N) is 2. The lowest BCUT2D eigenvalue weighted by Gasteiger charge is -2.32. The highest BCUT2D eigenvalue weighted by molar-refractivity contribution is 7.92. The number of carbonyl (C=O) groups is 2. The summed E-state index contributed by atoms with van der Waals surface area (Å²) in [6.07, 6.45) is 2.35. The number of hydrogen-bond donors (Lipinski definition) is 2. The fraction of sp³-hybridized carbons (Fsp3) is 0.286. The van der Waals surface area contributed by atoms with Gasteiger partial charge in [0.1, 0.15) is 5.69 Å². The molecule has 1 fully saturated rings. The zero-order valence-electron chi connectivity index (χ0n) is 21.3. The van der Waals surface area contributed by atoms with E-state index in [2.05, 4.69) is 15.2 Å². The number of H-pyrrole nitrogens is 1. The van der Waals surface area contributed by atoms with Gasteiger partial charge in [-0.25, -0.2) is 8.42 Å². The van der Waals surface area contributed by atoms with Crippen LogP contribution in [0.15, 0.2) is 53.4 Å². The summed E-state index contributed by atoms with van der Waals surface area (Å²) in [7, 11) is -1.78. The molecule has 6 rings (SSSR count). The molecule has 0 atom stereocenters. The third kappa shape index (κ3) is 4.10. The second-order valence-corrected chi connectivity index (χ2v) is 11.9. The Kier molecular flexibility index (Phi) is 5.88. The summed E-state index contributed by atoms with van der Waals surface area (Å²) in [4.78, 5) is 33.3. The van der Waals surface area contributed by atoms with Crippen LogP contribution in [0, 0.1) is 6.92 Å². The number of anilines is 2. The van der Waals surface area contributed by atoms with E-state index in [0.717, 1.165) is 24.2 Å². The van der Waals surface area contributed by atoms with Crippen LogP contribution >= 0.6 is 0 Å². The van der Waals surface area contributed by atoms with Crippen molar-refractivity contribution in [3.8, 4) is 0 Å². The minimum atomic E-state index is -3.81. The number of fused-ring (bicyclic) bond motifs is 2. The molecule has 3 aliphatic heterocycles. The molecular formula is C28H29N5O4S. The molecular weight excluding hydrogens is 502 g/mol. The van der Waals surface area contributed by atoms with Gasteiger partial charge >= 0.3 is 0 Å². The lowest BCUT2D eigenvalue weighted by atomic mass is 10.1. The SMILES string of the molecule is Cc1cc(C(=O)N2CCN(C)CC2)[nH]c1/C=C1\C(=O)Nc2ccc(S(=O)(=O)N3CCc4ccccc43)cc21. The van der Waals surface area contributed by atoms with Crippen LogP contribution in [0.2, 0.25) is 0 Å². The standard InChI is InChI=1S/C28H29N5O4S/c1-18-15-25(28(35)32-13-11-31(2)12-14-32)29-24(18)17-22-21-16-20(7-8-23(21)30-27(22)34)38(36,37)33-10-9-19-5-3-4-6-26(19)33/h3-8,15-17,29H,9-14H2,1-2H3,(H,30,34)/b22-17-. The number of rotatable bonds is 4. The van der Waals surface area contributed by atoms with Gasteiger partial charge in [0.2, 0.25) is 0 Å². The van der Waals surface area contributed by atoms with Crippen molar-refractivity contribution in [2.24, 2.45) is 0 Å². The third-order valence-corrected chi connectivity index (χ3v) is 9.38. The Hall–Kier alpha value is -3.89. The molecule has 0 spiro atoms. The number of aromatic amines is 1. The average molecular weight is 532 g/mol. The van der Waals surface area contributed by atoms with Crippen molar-refractivity contribution in [3.05, 3.63) is 76.6 Å². The van der Waals surface area contributed by atoms with E-state index in [4.69, 9.17) is 0 Å². The predicted octanol–water partition coefficient (Wildman–Crippen LogP) is 2.95. The molecule has 1 aromatic heterocycles. The summed E-state index contributed by atoms with van der Waals surface area (Å²) in [5.41, 5.74) is 5.06. The van der Waals surface area contributed by atoms with Gasteiger partial charge in [-0.15, -0.1) is 0 Å². The van der Waals surface area contributed by atoms with E-state index in [-0.39, 0.29) is 16.7 Å². The van der Waals surface area contributed by atoms with Gasteiger partial charge < -0.3 is 20.1 Å². The first-order chi connectivity index (χ1) is 18.2. The van der Waals surface area contributed by atoms with Crippen LogP contribution < -0.4 is 9.62 Å². The molecule has 0 aliphatic carbocycles. The van der Waals surface area contributed by atoms with E-state index >= 15 is 0 Å². The van der Waals surface area contributed by atoms with Crippen LogP contribution in [-0.4, -0.2) is 74.8 Å². The van der Waals surface area contributed by atoms with Gasteiger partial charge in [0.15, 0.2) is 0 Å². The van der Waals surface area contributed by atoms with Crippen molar-refractivity contribution in [2.75, 3.05) is 49.4 Å². The predicted molar refractivity (Wildman–Crippen MR) is 147 cm³/mol. The van der Waals surface area contributed by atoms with Gasteiger partial charge in [-0.05, 0) is 67.9 Å². The van der Waals surface area contributed by atoms with Crippen molar-refractivity contribution < 1.29 is 18.0 Å². The van der Waals surface area contributed by atoms with E-state index < -0.39 is 10.0 Å². The second-order valence-electron chi connectivity index (χ2n) is 10.1. The third-order valence-electron chi connectivity index (χ3n) is 7.57. The summed E-state index contributed by atoms with van der Waals surface area (Å²) in [6, 6.07) is 14.0. The fourth-order valence-electron chi connectivity index (χ4n) is 5.32. The normalized spacial score (nSPS) is 18.6. The summed E-state index contributed by atoms with van der Waals surface area (Å²) < 4.78 is 28.6. The molecule has 2 N–H and O–H groups in total. The number of benzene rings is 2. The first-order valence-corrected chi connectivity index (χ1v) is 14.1. The Bertz CT molecular complexity index is 1600. The molecule has 3 aliphatic rings. The fourth-order valence-corrected chi connectivity index (χ4v) is 6.85. The Morgan fingerprint density at radius 1 is 1.00 bits per heavy atom. The van der Waals surface area contributed by atoms with Gasteiger partial charge in [0.05, 0.1) is 16.2 Å². The van der Waals surface area contributed by atoms with E-state index in [9.17, 15) is 18.0 Å². The van der Waals surface area contributed by atoms with Crippen molar-refractivity contribution in [1.29, 1.82) is 0 Å². The zero-order chi connectivity index (χ0) is 26.6. The molecule has 10 heteroatoms. The number of amides is 2. The molecule has 2 amide bonds. The highest BCUT2D eigenvalue weighted by atomic mass is 32.2. The lowest BCUT2D eigenvalue weighted by molar-refractivity contribution is -0.110. The minimum Gasteiger partial charge on any atom is -0.351 e. The Balaban J connectivity index is 1.32. The molecule has 4 heterocycles. The van der Waals surface area contributed by atoms with Crippen LogP contribution in [0.25, 0.3) is 11.6 Å². The Morgan fingerprint density at radius 3 is 2.55 bits per heavy atom. The molecule has 0 saturated carbocycles. The van der Waals surface area contributed by atoms with Crippen LogP contribution in [-0.2, 0) is 21.2 Å². The number of para-hydroxylation sites is 1. The lowest BCUT2D eigenvalue weighted by Crippen LogP contribution is -2.47. The molecule has 38 heavy (non-hydrogen) atoms. The molecule has 3 aromatic rings. The van der Waals surface area contributed by atoms with Crippen molar-refractivity contribution in [1.82, 2.24) is 14.8 Å². The van der Waals surface area contributed by atoms with Crippen LogP contribution in [0.5, 0.6) is 0 Å². The first kappa shape index (κ1) is 24.4. The summed E-state index contributed by atoms with van der Waals surface area (Å²) >= 11 is 0. The van der Waals surface area contributed by atoms with Crippen LogP contribution in [0.4, 0.5) is 11.4 Å². The molecule has 0 bridgehead atoms. The number of aromatic nitrogens is 1. The highest BCUT2D eigenvalue weighted by Crippen LogP contribution is 2.38. The topological polar surface area (TPSA) is 106 Å². The number of aryl methyl sites for hydroxylation is 1. The van der Waals surface area contributed by atoms with Crippen LogP contribution in [0.3, 0.4) is 0 Å². The Labute approximate surface area is 221 Å². The van der Waals surface area contributed by atoms with Crippen molar-refractivity contribution in [2.45, 2.75) is 18.2 Å². The zero-order valence-corrected chi connectivity index (χ0v) is 22.1. The molecule has 1 saturated heterocycles. The maximum Gasteiger partial charge on any atom is 0.270 e. The van der Waals surface area contributed by atoms with E-state index in [1.165, 1.54) is 10.4 Å². The quantitative estimate of drug-likeness (QED) is 0.504. The van der Waals surface area contributed by atoms with E-state index in [1.54, 1.807) is 24.3 Å². The van der Waals surface area contributed by atoms with Crippen molar-refractivity contribution in [3.63, 3.8) is 0 Å². The van der Waals surface area contributed by atoms with E-state index in [1.807, 2.05) is 43.1 Å². The maximum absolute atomic E-state index is 13.6. The number of piperazine rings is 1. The summed E-state index contributed by atoms with van der Waals surface area (Å²) in [5.74, 6) is -0.386. The van der Waals surface area contributed by atoms with E-state index in [0.29, 0.717) is 60.0 Å². The second kappa shape index (κ2) is 9.14. The van der Waals surface area contributed by atoms with Gasteiger partial charge in [0, 0.05) is 49.7 Å². The van der Waals surface area contributed by atoms with Gasteiger partial charge in [-0.2, -0.15) is 0 Å². The first-order valence-electron chi connectivity index (χ1n) is 12.7. The van der Waals surface area contributed by atoms with Gasteiger partial charge in [0.25, 0.3) is 21.8 Å². The number of sulfonamides is 1. The molecule has 196 valence electrons. The summed E-state index contributed by atoms with van der Waals surface area (Å²) in [6.45, 7) is 5.24. The number of carbonyl (C=O) groups excluding carboxylic acids is 2. The number of likely N-dealkylation sites (N-methyl/N-ethyl adjacent to an activating group) is 1. The summed E-state index contributed by atoms with van der Waals surface area (Å²) in [5, 5.41) is 2.83.